The molecule has 1 aromatic carbocycles. The number of benzene rings is 1. The summed E-state index contributed by atoms with van der Waals surface area (Å²) in [6.45, 7) is 7.26. The highest BCUT2D eigenvalue weighted by Crippen LogP contribution is 2.30. The molecule has 2 heterocycles. The molecule has 3 rings (SSSR count). The van der Waals surface area contributed by atoms with Gasteiger partial charge in [-0.1, -0.05) is 6.07 Å². The van der Waals surface area contributed by atoms with E-state index in [4.69, 9.17) is 10.5 Å². The van der Waals surface area contributed by atoms with E-state index in [0.29, 0.717) is 0 Å². The van der Waals surface area contributed by atoms with Gasteiger partial charge in [-0.25, -0.2) is 0 Å². The lowest BCUT2D eigenvalue weighted by atomic mass is 10.00. The van der Waals surface area contributed by atoms with E-state index in [0.717, 1.165) is 58.0 Å². The van der Waals surface area contributed by atoms with Crippen LogP contribution in [-0.4, -0.2) is 50.8 Å². The highest BCUT2D eigenvalue weighted by molar-refractivity contribution is 5.66. The third-order valence-corrected chi connectivity index (χ3v) is 4.17. The summed E-state index contributed by atoms with van der Waals surface area (Å²) in [7, 11) is 0. The molecule has 0 atom stereocenters. The van der Waals surface area contributed by atoms with Crippen molar-refractivity contribution in [1.82, 2.24) is 4.90 Å². The Morgan fingerprint density at radius 1 is 1.11 bits per heavy atom. The van der Waals surface area contributed by atoms with Gasteiger partial charge < -0.3 is 15.4 Å². The second-order valence-corrected chi connectivity index (χ2v) is 5.39. The third kappa shape index (κ3) is 2.85. The minimum absolute atomic E-state index is 0.879. The lowest BCUT2D eigenvalue weighted by molar-refractivity contribution is 0.0391. The van der Waals surface area contributed by atoms with Gasteiger partial charge in [0.05, 0.1) is 13.2 Å². The van der Waals surface area contributed by atoms with Crippen LogP contribution in [0.25, 0.3) is 0 Å². The van der Waals surface area contributed by atoms with Gasteiger partial charge in [0.2, 0.25) is 0 Å². The second kappa shape index (κ2) is 5.80. The van der Waals surface area contributed by atoms with E-state index in [9.17, 15) is 0 Å². The lowest BCUT2D eigenvalue weighted by Crippen LogP contribution is -2.42. The average molecular weight is 261 g/mol. The molecule has 4 nitrogen and oxygen atoms in total. The van der Waals surface area contributed by atoms with Crippen LogP contribution in [0.3, 0.4) is 0 Å². The van der Waals surface area contributed by atoms with Gasteiger partial charge in [-0.15, -0.1) is 0 Å². The van der Waals surface area contributed by atoms with Gasteiger partial charge in [0.1, 0.15) is 0 Å². The van der Waals surface area contributed by atoms with Crippen LogP contribution in [0.1, 0.15) is 12.0 Å². The highest BCUT2D eigenvalue weighted by Gasteiger charge is 2.19. The fraction of sp³-hybridized carbons (Fsp3) is 0.600. The fourth-order valence-electron chi connectivity index (χ4n) is 3.05. The SMILES string of the molecule is Nc1cccc2c1CCCN2CCN1CCOCC1. The number of anilines is 2. The summed E-state index contributed by atoms with van der Waals surface area (Å²) in [6.07, 6.45) is 2.33. The lowest BCUT2D eigenvalue weighted by Gasteiger charge is -2.35. The number of hydrogen-bond acceptors (Lipinski definition) is 4. The van der Waals surface area contributed by atoms with E-state index < -0.39 is 0 Å². The summed E-state index contributed by atoms with van der Waals surface area (Å²) >= 11 is 0. The summed E-state index contributed by atoms with van der Waals surface area (Å²) in [5.74, 6) is 0. The molecule has 19 heavy (non-hydrogen) atoms. The average Bonchev–Trinajstić information content (AvgIpc) is 2.47. The number of rotatable bonds is 3. The molecule has 0 radical (unpaired) electrons. The summed E-state index contributed by atoms with van der Waals surface area (Å²) in [6, 6.07) is 6.30. The molecule has 1 fully saturated rings. The van der Waals surface area contributed by atoms with Crippen molar-refractivity contribution in [3.8, 4) is 0 Å². The van der Waals surface area contributed by atoms with Crippen molar-refractivity contribution in [3.63, 3.8) is 0 Å². The number of nitrogens with two attached hydrogens (primary N) is 1. The zero-order valence-electron chi connectivity index (χ0n) is 11.5. The van der Waals surface area contributed by atoms with E-state index in [-0.39, 0.29) is 0 Å². The molecule has 2 N–H and O–H groups in total. The van der Waals surface area contributed by atoms with Gasteiger partial charge in [-0.3, -0.25) is 4.90 Å². The Labute approximate surface area is 115 Å². The van der Waals surface area contributed by atoms with Gasteiger partial charge in [0.15, 0.2) is 0 Å². The number of nitrogen functional groups attached to an aromatic ring is 1. The fourth-order valence-corrected chi connectivity index (χ4v) is 3.05. The molecular formula is C15H23N3O. The van der Waals surface area contributed by atoms with Gasteiger partial charge in [0.25, 0.3) is 0 Å². The molecule has 1 aromatic rings. The standard InChI is InChI=1S/C15H23N3O/c16-14-4-1-5-15-13(14)3-2-6-18(15)8-7-17-9-11-19-12-10-17/h1,4-5H,2-3,6-12,16H2. The van der Waals surface area contributed by atoms with Crippen LogP contribution in [0.15, 0.2) is 18.2 Å². The third-order valence-electron chi connectivity index (χ3n) is 4.17. The highest BCUT2D eigenvalue weighted by atomic mass is 16.5. The van der Waals surface area contributed by atoms with Crippen molar-refractivity contribution in [2.45, 2.75) is 12.8 Å². The van der Waals surface area contributed by atoms with E-state index in [2.05, 4.69) is 21.9 Å². The molecule has 0 aromatic heterocycles. The molecular weight excluding hydrogens is 238 g/mol. The molecule has 0 aliphatic carbocycles. The van der Waals surface area contributed by atoms with Crippen molar-refractivity contribution >= 4 is 11.4 Å². The van der Waals surface area contributed by atoms with Crippen molar-refractivity contribution in [3.05, 3.63) is 23.8 Å². The van der Waals surface area contributed by atoms with Crippen molar-refractivity contribution in [1.29, 1.82) is 0 Å². The Kier molecular flexibility index (Phi) is 3.89. The maximum absolute atomic E-state index is 6.09. The first-order valence-corrected chi connectivity index (χ1v) is 7.27. The zero-order valence-corrected chi connectivity index (χ0v) is 11.5. The maximum Gasteiger partial charge on any atom is 0.0594 e. The predicted octanol–water partition coefficient (Wildman–Crippen LogP) is 1.35. The van der Waals surface area contributed by atoms with Crippen molar-refractivity contribution in [2.24, 2.45) is 0 Å². The summed E-state index contributed by atoms with van der Waals surface area (Å²) in [4.78, 5) is 4.98. The molecule has 2 aliphatic rings. The van der Waals surface area contributed by atoms with Crippen molar-refractivity contribution < 1.29 is 4.74 Å². The molecule has 0 spiro atoms. The Balaban J connectivity index is 1.64. The van der Waals surface area contributed by atoms with Crippen LogP contribution in [0.4, 0.5) is 11.4 Å². The van der Waals surface area contributed by atoms with Crippen LogP contribution < -0.4 is 10.6 Å². The largest absolute Gasteiger partial charge is 0.398 e. The Bertz CT molecular complexity index is 429. The Morgan fingerprint density at radius 2 is 1.95 bits per heavy atom. The van der Waals surface area contributed by atoms with E-state index >= 15 is 0 Å². The minimum Gasteiger partial charge on any atom is -0.398 e. The van der Waals surface area contributed by atoms with Crippen LogP contribution >= 0.6 is 0 Å². The first kappa shape index (κ1) is 12.8. The maximum atomic E-state index is 6.09. The van der Waals surface area contributed by atoms with Gasteiger partial charge in [0, 0.05) is 44.1 Å². The number of morpholine rings is 1. The zero-order chi connectivity index (χ0) is 13.1. The minimum atomic E-state index is 0.879. The van der Waals surface area contributed by atoms with Crippen LogP contribution in [0, 0.1) is 0 Å². The summed E-state index contributed by atoms with van der Waals surface area (Å²) in [5.41, 5.74) is 9.73. The number of ether oxygens (including phenoxy) is 1. The second-order valence-electron chi connectivity index (χ2n) is 5.39. The van der Waals surface area contributed by atoms with Crippen molar-refractivity contribution in [2.75, 3.05) is 56.6 Å². The number of hydrogen-bond donors (Lipinski definition) is 1. The van der Waals surface area contributed by atoms with Gasteiger partial charge in [-0.2, -0.15) is 0 Å². The molecule has 104 valence electrons. The molecule has 0 amide bonds. The van der Waals surface area contributed by atoms with E-state index in [1.165, 1.54) is 17.7 Å². The number of nitrogens with zero attached hydrogens (tertiary/aromatic N) is 2. The monoisotopic (exact) mass is 261 g/mol. The number of fused-ring (bicyclic) bond motifs is 1. The van der Waals surface area contributed by atoms with Crippen LogP contribution in [0.2, 0.25) is 0 Å². The van der Waals surface area contributed by atoms with Gasteiger partial charge >= 0.3 is 0 Å². The van der Waals surface area contributed by atoms with Crippen LogP contribution in [-0.2, 0) is 11.2 Å². The van der Waals surface area contributed by atoms with Gasteiger partial charge in [-0.05, 0) is 30.5 Å². The topological polar surface area (TPSA) is 41.7 Å². The molecule has 0 unspecified atom stereocenters. The molecule has 0 bridgehead atoms. The normalized spacial score (nSPS) is 20.3. The molecule has 1 saturated heterocycles. The quantitative estimate of drug-likeness (QED) is 0.834. The Hall–Kier alpha value is -1.26. The molecule has 2 aliphatic heterocycles. The smallest absolute Gasteiger partial charge is 0.0594 e. The first-order chi connectivity index (χ1) is 9.34. The molecule has 0 saturated carbocycles. The summed E-state index contributed by atoms with van der Waals surface area (Å²) in [5, 5.41) is 0. The molecule has 4 heteroatoms. The Morgan fingerprint density at radius 3 is 2.79 bits per heavy atom. The first-order valence-electron chi connectivity index (χ1n) is 7.27. The predicted molar refractivity (Wildman–Crippen MR) is 78.6 cm³/mol. The van der Waals surface area contributed by atoms with E-state index in [1.807, 2.05) is 6.07 Å². The van der Waals surface area contributed by atoms with E-state index in [1.54, 1.807) is 0 Å². The van der Waals surface area contributed by atoms with Crippen LogP contribution in [0.5, 0.6) is 0 Å². The summed E-state index contributed by atoms with van der Waals surface area (Å²) < 4.78 is 5.39.